The summed E-state index contributed by atoms with van der Waals surface area (Å²) in [4.78, 5) is 6.08. The van der Waals surface area contributed by atoms with Crippen molar-refractivity contribution in [1.82, 2.24) is 0 Å². The van der Waals surface area contributed by atoms with E-state index in [1.165, 1.54) is 5.19 Å². The molecular weight excluding hydrogens is 412 g/mol. The highest BCUT2D eigenvalue weighted by Gasteiger charge is 2.44. The molecule has 4 aromatic rings. The molecule has 0 spiro atoms. The first-order valence-electron chi connectivity index (χ1n) is 10.6. The largest absolute Gasteiger partial charge is 0.348 e. The molecule has 0 aliphatic heterocycles. The molecule has 4 aromatic carbocycles. The highest BCUT2D eigenvalue weighted by atomic mass is 28.4. The summed E-state index contributed by atoms with van der Waals surface area (Å²) in [6.07, 6.45) is 0. The Morgan fingerprint density at radius 3 is 1.19 bits per heavy atom. The molecule has 0 N–H and O–H groups in total. The molecule has 31 heavy (non-hydrogen) atoms. The van der Waals surface area contributed by atoms with Crippen molar-refractivity contribution in [3.63, 3.8) is 0 Å². The van der Waals surface area contributed by atoms with Crippen molar-refractivity contribution in [3.05, 3.63) is 115 Å². The van der Waals surface area contributed by atoms with Gasteiger partial charge in [0.15, 0.2) is 5.75 Å². The van der Waals surface area contributed by atoms with Crippen molar-refractivity contribution in [2.75, 3.05) is 0 Å². The molecule has 0 aromatic heterocycles. The summed E-state index contributed by atoms with van der Waals surface area (Å²) in [5.74, 6) is 0.724. The van der Waals surface area contributed by atoms with Crippen LogP contribution >= 0.6 is 0 Å². The average molecular weight is 441 g/mol. The molecule has 2 nitrogen and oxygen atoms in total. The second-order valence-electron chi connectivity index (χ2n) is 8.72. The molecule has 0 aliphatic rings. The van der Waals surface area contributed by atoms with Gasteiger partial charge in [-0.25, -0.2) is 4.58 Å². The highest BCUT2D eigenvalue weighted by molar-refractivity contribution is 7.07. The van der Waals surface area contributed by atoms with Gasteiger partial charge in [-0.2, -0.15) is 0 Å². The lowest BCUT2D eigenvalue weighted by molar-refractivity contribution is -0.106. The van der Waals surface area contributed by atoms with Crippen LogP contribution in [0.2, 0.25) is 19.6 Å². The van der Waals surface area contributed by atoms with Gasteiger partial charge in [0.2, 0.25) is 0 Å². The van der Waals surface area contributed by atoms with Crippen LogP contribution in [-0.4, -0.2) is 16.4 Å². The first kappa shape index (κ1) is 21.3. The summed E-state index contributed by atoms with van der Waals surface area (Å²) < 4.78 is 6.55. The molecule has 156 valence electrons. The molecule has 0 amide bonds. The predicted octanol–water partition coefficient (Wildman–Crippen LogP) is 4.21. The van der Waals surface area contributed by atoms with Crippen LogP contribution in [0.4, 0.5) is 0 Å². The molecule has 4 rings (SSSR count). The summed E-state index contributed by atoms with van der Waals surface area (Å²) in [5.41, 5.74) is 0. The maximum absolute atomic E-state index is 6.55. The SMILES string of the molecule is C[Si](C)(C)c1ccc(OO[Si](c2ccccc2)(c2ccccc2)c2ccccc2)cc1. The Balaban J connectivity index is 1.79. The quantitative estimate of drug-likeness (QED) is 0.185. The Hall–Kier alpha value is -2.93. The van der Waals surface area contributed by atoms with Gasteiger partial charge >= 0.3 is 8.32 Å². The van der Waals surface area contributed by atoms with E-state index in [9.17, 15) is 0 Å². The minimum absolute atomic E-state index is 0.724. The zero-order chi connectivity index (χ0) is 21.7. The third-order valence-electron chi connectivity index (χ3n) is 5.52. The summed E-state index contributed by atoms with van der Waals surface area (Å²) in [7, 11) is -4.23. The normalized spacial score (nSPS) is 11.8. The van der Waals surface area contributed by atoms with E-state index in [0.717, 1.165) is 21.3 Å². The van der Waals surface area contributed by atoms with Crippen molar-refractivity contribution in [1.29, 1.82) is 0 Å². The zero-order valence-corrected chi connectivity index (χ0v) is 20.3. The Morgan fingerprint density at radius 2 is 0.839 bits per heavy atom. The summed E-state index contributed by atoms with van der Waals surface area (Å²) in [5, 5.41) is 4.83. The minimum atomic E-state index is -2.87. The fourth-order valence-electron chi connectivity index (χ4n) is 3.78. The molecule has 0 heterocycles. The maximum Gasteiger partial charge on any atom is 0.347 e. The third-order valence-corrected chi connectivity index (χ3v) is 11.4. The maximum atomic E-state index is 6.55. The first-order chi connectivity index (χ1) is 15.0. The molecule has 0 radical (unpaired) electrons. The van der Waals surface area contributed by atoms with Crippen molar-refractivity contribution in [2.24, 2.45) is 0 Å². The van der Waals surface area contributed by atoms with Crippen LogP contribution in [0.5, 0.6) is 5.75 Å². The number of hydrogen-bond acceptors (Lipinski definition) is 2. The van der Waals surface area contributed by atoms with Crippen LogP contribution in [0.15, 0.2) is 115 Å². The van der Waals surface area contributed by atoms with E-state index in [2.05, 4.69) is 105 Å². The molecule has 0 saturated carbocycles. The van der Waals surface area contributed by atoms with Crippen LogP contribution in [-0.2, 0) is 4.58 Å². The van der Waals surface area contributed by atoms with Gasteiger partial charge in [0.1, 0.15) is 0 Å². The minimum Gasteiger partial charge on any atom is -0.348 e. The molecule has 0 unspecified atom stereocenters. The molecule has 0 fully saturated rings. The fourth-order valence-corrected chi connectivity index (χ4v) is 8.45. The van der Waals surface area contributed by atoms with Gasteiger partial charge in [0.05, 0.1) is 8.07 Å². The lowest BCUT2D eigenvalue weighted by Gasteiger charge is -2.31. The molecule has 4 heteroatoms. The van der Waals surface area contributed by atoms with Gasteiger partial charge in [0.25, 0.3) is 0 Å². The topological polar surface area (TPSA) is 18.5 Å². The van der Waals surface area contributed by atoms with Crippen LogP contribution in [0.3, 0.4) is 0 Å². The van der Waals surface area contributed by atoms with E-state index in [1.54, 1.807) is 0 Å². The summed E-state index contributed by atoms with van der Waals surface area (Å²) >= 11 is 0. The van der Waals surface area contributed by atoms with Crippen molar-refractivity contribution >= 4 is 37.1 Å². The van der Waals surface area contributed by atoms with Gasteiger partial charge in [-0.15, -0.1) is 0 Å². The van der Waals surface area contributed by atoms with E-state index in [1.807, 2.05) is 30.3 Å². The monoisotopic (exact) mass is 440 g/mol. The second-order valence-corrected chi connectivity index (χ2v) is 17.1. The van der Waals surface area contributed by atoms with E-state index in [4.69, 9.17) is 9.46 Å². The van der Waals surface area contributed by atoms with Crippen molar-refractivity contribution in [3.8, 4) is 5.75 Å². The molecule has 0 bridgehead atoms. The fraction of sp³-hybridized carbons (Fsp3) is 0.111. The standard InChI is InChI=1S/C27H28O2Si2/c1-30(2,3)24-21-19-23(20-22-24)28-29-31(25-13-7-4-8-14-25,26-15-9-5-10-16-26)27-17-11-6-12-18-27/h4-22H,1-3H3. The Morgan fingerprint density at radius 1 is 0.452 bits per heavy atom. The third kappa shape index (κ3) is 4.56. The van der Waals surface area contributed by atoms with E-state index in [0.29, 0.717) is 0 Å². The smallest absolute Gasteiger partial charge is 0.347 e. The van der Waals surface area contributed by atoms with Crippen molar-refractivity contribution in [2.45, 2.75) is 19.6 Å². The Bertz CT molecular complexity index is 994. The Kier molecular flexibility index (Phi) is 6.23. The first-order valence-corrected chi connectivity index (χ1v) is 16.0. The van der Waals surface area contributed by atoms with Gasteiger partial charge in [-0.3, -0.25) is 0 Å². The summed E-state index contributed by atoms with van der Waals surface area (Å²) in [6, 6.07) is 39.7. The average Bonchev–Trinajstić information content (AvgIpc) is 2.81. The van der Waals surface area contributed by atoms with E-state index >= 15 is 0 Å². The lowest BCUT2D eigenvalue weighted by atomic mass is 10.3. The predicted molar refractivity (Wildman–Crippen MR) is 135 cm³/mol. The van der Waals surface area contributed by atoms with Crippen LogP contribution in [0.1, 0.15) is 0 Å². The van der Waals surface area contributed by atoms with Crippen LogP contribution < -0.4 is 25.6 Å². The molecule has 0 saturated heterocycles. The number of rotatable bonds is 7. The number of hydrogen-bond donors (Lipinski definition) is 0. The van der Waals surface area contributed by atoms with Gasteiger partial charge in [-0.05, 0) is 27.7 Å². The lowest BCUT2D eigenvalue weighted by Crippen LogP contribution is -2.69. The van der Waals surface area contributed by atoms with Crippen LogP contribution in [0.25, 0.3) is 0 Å². The second kappa shape index (κ2) is 9.06. The number of benzene rings is 4. The zero-order valence-electron chi connectivity index (χ0n) is 18.3. The highest BCUT2D eigenvalue weighted by Crippen LogP contribution is 2.16. The van der Waals surface area contributed by atoms with Gasteiger partial charge < -0.3 is 4.89 Å². The van der Waals surface area contributed by atoms with Crippen LogP contribution in [0, 0.1) is 0 Å². The molecule has 0 aliphatic carbocycles. The summed E-state index contributed by atoms with van der Waals surface area (Å²) in [6.45, 7) is 7.03. The van der Waals surface area contributed by atoms with Gasteiger partial charge in [-0.1, -0.05) is 128 Å². The molecular formula is C27H28O2Si2. The van der Waals surface area contributed by atoms with E-state index < -0.39 is 16.4 Å². The van der Waals surface area contributed by atoms with E-state index in [-0.39, 0.29) is 0 Å². The molecule has 0 atom stereocenters. The van der Waals surface area contributed by atoms with Crippen molar-refractivity contribution < 1.29 is 9.46 Å². The van der Waals surface area contributed by atoms with Gasteiger partial charge in [0, 0.05) is 0 Å². The Labute approximate surface area is 187 Å².